The van der Waals surface area contributed by atoms with Crippen LogP contribution >= 0.6 is 0 Å². The average molecular weight is 340 g/mol. The lowest BCUT2D eigenvalue weighted by Crippen LogP contribution is -2.42. The third-order valence-corrected chi connectivity index (χ3v) is 5.18. The summed E-state index contributed by atoms with van der Waals surface area (Å²) in [6.45, 7) is 4.40. The lowest BCUT2D eigenvalue weighted by atomic mass is 9.87. The zero-order chi connectivity index (χ0) is 17.3. The lowest BCUT2D eigenvalue weighted by molar-refractivity contribution is -0.122. The first-order valence-electron chi connectivity index (χ1n) is 8.77. The highest BCUT2D eigenvalue weighted by molar-refractivity contribution is 5.94. The highest BCUT2D eigenvalue weighted by atomic mass is 16.5. The summed E-state index contributed by atoms with van der Waals surface area (Å²) in [5, 5.41) is 4.25. The van der Waals surface area contributed by atoms with E-state index in [9.17, 15) is 4.79 Å². The maximum atomic E-state index is 12.5. The monoisotopic (exact) mass is 340 g/mol. The summed E-state index contributed by atoms with van der Waals surface area (Å²) in [6.07, 6.45) is 5.03. The van der Waals surface area contributed by atoms with Gasteiger partial charge in [-0.1, -0.05) is 18.2 Å². The minimum Gasteiger partial charge on any atom is -0.371 e. The molecule has 2 aliphatic heterocycles. The predicted octanol–water partition coefficient (Wildman–Crippen LogP) is 1.68. The smallest absolute Gasteiger partial charge is 0.252 e. The van der Waals surface area contributed by atoms with E-state index >= 15 is 0 Å². The summed E-state index contributed by atoms with van der Waals surface area (Å²) in [4.78, 5) is 16.9. The fourth-order valence-electron chi connectivity index (χ4n) is 3.97. The topological polar surface area (TPSA) is 50.6 Å². The van der Waals surface area contributed by atoms with Crippen molar-refractivity contribution < 1.29 is 9.53 Å². The van der Waals surface area contributed by atoms with E-state index in [0.717, 1.165) is 38.3 Å². The van der Waals surface area contributed by atoms with E-state index in [0.29, 0.717) is 6.61 Å². The van der Waals surface area contributed by atoms with Crippen molar-refractivity contribution in [1.29, 1.82) is 0 Å². The Morgan fingerprint density at radius 2 is 2.08 bits per heavy atom. The van der Waals surface area contributed by atoms with Crippen molar-refractivity contribution in [2.45, 2.75) is 13.0 Å². The molecular formula is C19H24N4O2. The van der Waals surface area contributed by atoms with Crippen LogP contribution in [0.3, 0.4) is 0 Å². The number of ether oxygens (including phenoxy) is 1. The predicted molar refractivity (Wildman–Crippen MR) is 95.1 cm³/mol. The average Bonchev–Trinajstić information content (AvgIpc) is 3.15. The molecule has 3 heterocycles. The number of aromatic nitrogens is 2. The first-order chi connectivity index (χ1) is 12.1. The van der Waals surface area contributed by atoms with Crippen LogP contribution in [-0.4, -0.2) is 53.4 Å². The molecule has 132 valence electrons. The number of rotatable bonds is 3. The summed E-state index contributed by atoms with van der Waals surface area (Å²) in [5.74, 6) is 0.0498. The molecule has 25 heavy (non-hydrogen) atoms. The van der Waals surface area contributed by atoms with Gasteiger partial charge in [-0.15, -0.1) is 0 Å². The summed E-state index contributed by atoms with van der Waals surface area (Å²) < 4.78 is 7.60. The number of para-hydroxylation sites is 1. The van der Waals surface area contributed by atoms with E-state index < -0.39 is 0 Å². The Hall–Kier alpha value is -2.18. The van der Waals surface area contributed by atoms with E-state index in [2.05, 4.69) is 16.2 Å². The Kier molecular flexibility index (Phi) is 4.31. The molecule has 2 aromatic rings. The van der Waals surface area contributed by atoms with Gasteiger partial charge in [0.1, 0.15) is 6.61 Å². The summed E-state index contributed by atoms with van der Waals surface area (Å²) in [6, 6.07) is 9.93. The maximum absolute atomic E-state index is 12.5. The second-order valence-electron chi connectivity index (χ2n) is 7.29. The van der Waals surface area contributed by atoms with Crippen LogP contribution in [0, 0.1) is 5.41 Å². The van der Waals surface area contributed by atoms with Crippen LogP contribution in [0.5, 0.6) is 0 Å². The van der Waals surface area contributed by atoms with Gasteiger partial charge in [0, 0.05) is 49.5 Å². The largest absolute Gasteiger partial charge is 0.371 e. The van der Waals surface area contributed by atoms with Crippen molar-refractivity contribution in [3.05, 3.63) is 48.3 Å². The van der Waals surface area contributed by atoms with E-state index in [1.165, 1.54) is 5.56 Å². The quantitative estimate of drug-likeness (QED) is 0.853. The van der Waals surface area contributed by atoms with Gasteiger partial charge in [0.2, 0.25) is 0 Å². The van der Waals surface area contributed by atoms with Gasteiger partial charge in [-0.2, -0.15) is 5.10 Å². The molecule has 2 fully saturated rings. The zero-order valence-electron chi connectivity index (χ0n) is 14.6. The Bertz CT molecular complexity index is 745. The van der Waals surface area contributed by atoms with E-state index in [1.54, 1.807) is 0 Å². The third kappa shape index (κ3) is 3.45. The summed E-state index contributed by atoms with van der Waals surface area (Å²) in [7, 11) is 1.94. The van der Waals surface area contributed by atoms with Crippen molar-refractivity contribution in [3.8, 4) is 0 Å². The molecule has 1 atom stereocenters. The standard InChI is InChI=1S/C19H24N4O2/c1-21-10-16(9-20-21)11-22-8-7-19(13-22)14-23(18(24)12-25-15-19)17-5-3-2-4-6-17/h2-6,9-10H,7-8,11-15H2,1H3. The van der Waals surface area contributed by atoms with Crippen LogP contribution in [0.1, 0.15) is 12.0 Å². The van der Waals surface area contributed by atoms with Crippen LogP contribution in [0.2, 0.25) is 0 Å². The Labute approximate surface area is 148 Å². The molecule has 0 saturated carbocycles. The molecule has 6 nitrogen and oxygen atoms in total. The SMILES string of the molecule is Cn1cc(CN2CCC3(COCC(=O)N(c4ccccc4)C3)C2)cn1. The Morgan fingerprint density at radius 3 is 2.84 bits per heavy atom. The van der Waals surface area contributed by atoms with Crippen LogP contribution in [0.25, 0.3) is 0 Å². The van der Waals surface area contributed by atoms with Gasteiger partial charge < -0.3 is 9.64 Å². The van der Waals surface area contributed by atoms with Gasteiger partial charge in [-0.3, -0.25) is 14.4 Å². The molecule has 0 bridgehead atoms. The van der Waals surface area contributed by atoms with Gasteiger partial charge in [0.05, 0.1) is 12.8 Å². The first kappa shape index (κ1) is 16.3. The number of hydrogen-bond donors (Lipinski definition) is 0. The summed E-state index contributed by atoms with van der Waals surface area (Å²) in [5.41, 5.74) is 2.19. The molecule has 2 aliphatic rings. The molecule has 6 heteroatoms. The second-order valence-corrected chi connectivity index (χ2v) is 7.29. The molecule has 1 aromatic heterocycles. The van der Waals surface area contributed by atoms with Crippen LogP contribution in [0.4, 0.5) is 5.69 Å². The van der Waals surface area contributed by atoms with Crippen LogP contribution < -0.4 is 4.90 Å². The minimum absolute atomic E-state index is 0.00418. The van der Waals surface area contributed by atoms with E-state index in [-0.39, 0.29) is 17.9 Å². The molecule has 2 saturated heterocycles. The molecule has 0 N–H and O–H groups in total. The maximum Gasteiger partial charge on any atom is 0.252 e. The fourth-order valence-corrected chi connectivity index (χ4v) is 3.97. The van der Waals surface area contributed by atoms with Crippen molar-refractivity contribution in [1.82, 2.24) is 14.7 Å². The van der Waals surface area contributed by atoms with Crippen LogP contribution in [0.15, 0.2) is 42.7 Å². The van der Waals surface area contributed by atoms with Gasteiger partial charge in [0.25, 0.3) is 5.91 Å². The number of amides is 1. The van der Waals surface area contributed by atoms with Crippen molar-refractivity contribution >= 4 is 11.6 Å². The number of carbonyl (C=O) groups excluding carboxylic acids is 1. The normalized spacial score (nSPS) is 24.8. The number of carbonyl (C=O) groups is 1. The zero-order valence-corrected chi connectivity index (χ0v) is 14.6. The number of likely N-dealkylation sites (tertiary alicyclic amines) is 1. The third-order valence-electron chi connectivity index (χ3n) is 5.18. The molecule has 0 aliphatic carbocycles. The van der Waals surface area contributed by atoms with Crippen molar-refractivity contribution in [2.75, 3.05) is 37.7 Å². The molecular weight excluding hydrogens is 316 g/mol. The molecule has 0 radical (unpaired) electrons. The van der Waals surface area contributed by atoms with Gasteiger partial charge >= 0.3 is 0 Å². The van der Waals surface area contributed by atoms with E-state index in [4.69, 9.17) is 4.74 Å². The number of anilines is 1. The molecule has 1 spiro atoms. The lowest BCUT2D eigenvalue weighted by Gasteiger charge is -2.32. The first-order valence-corrected chi connectivity index (χ1v) is 8.77. The molecule has 1 unspecified atom stereocenters. The van der Waals surface area contributed by atoms with Gasteiger partial charge in [-0.25, -0.2) is 0 Å². The number of benzene rings is 1. The highest BCUT2D eigenvalue weighted by Crippen LogP contribution is 2.35. The Morgan fingerprint density at radius 1 is 1.24 bits per heavy atom. The molecule has 1 amide bonds. The second kappa shape index (κ2) is 6.61. The van der Waals surface area contributed by atoms with Gasteiger partial charge in [-0.05, 0) is 25.1 Å². The van der Waals surface area contributed by atoms with Crippen molar-refractivity contribution in [3.63, 3.8) is 0 Å². The highest BCUT2D eigenvalue weighted by Gasteiger charge is 2.43. The minimum atomic E-state index is 0.00418. The molecule has 4 rings (SSSR count). The van der Waals surface area contributed by atoms with Crippen molar-refractivity contribution in [2.24, 2.45) is 12.5 Å². The molecule has 1 aromatic carbocycles. The van der Waals surface area contributed by atoms with Gasteiger partial charge in [0.15, 0.2) is 0 Å². The number of nitrogens with zero attached hydrogens (tertiary/aromatic N) is 4. The van der Waals surface area contributed by atoms with Crippen LogP contribution in [-0.2, 0) is 23.1 Å². The number of aryl methyl sites for hydroxylation is 1. The summed E-state index contributed by atoms with van der Waals surface area (Å²) >= 11 is 0. The van der Waals surface area contributed by atoms with E-state index in [1.807, 2.05) is 53.2 Å². The fraction of sp³-hybridized carbons (Fsp3) is 0.474. The number of hydrogen-bond acceptors (Lipinski definition) is 4. The Balaban J connectivity index is 1.50.